The van der Waals surface area contributed by atoms with Crippen LogP contribution in [-0.4, -0.2) is 93.2 Å². The Kier molecular flexibility index (Phi) is 6.78. The highest BCUT2D eigenvalue weighted by atomic mass is 16.8. The molecule has 1 aromatic heterocycles. The van der Waals surface area contributed by atoms with E-state index in [0.717, 1.165) is 0 Å². The van der Waals surface area contributed by atoms with Gasteiger partial charge in [0, 0.05) is 12.1 Å². The summed E-state index contributed by atoms with van der Waals surface area (Å²) in [5.74, 6) is -2.78. The number of likely N-dealkylation sites (N-methyl/N-ethyl adjacent to an activating group) is 1. The van der Waals surface area contributed by atoms with Gasteiger partial charge < -0.3 is 40.2 Å². The number of aliphatic hydroxyl groups is 3. The number of ether oxygens (including phenoxy) is 3. The van der Waals surface area contributed by atoms with Crippen molar-refractivity contribution in [2.45, 2.75) is 87.8 Å². The van der Waals surface area contributed by atoms with Crippen LogP contribution in [0.3, 0.4) is 0 Å². The van der Waals surface area contributed by atoms with Crippen LogP contribution in [0.1, 0.15) is 32.4 Å². The van der Waals surface area contributed by atoms with Crippen molar-refractivity contribution in [3.63, 3.8) is 0 Å². The van der Waals surface area contributed by atoms with Gasteiger partial charge in [0.15, 0.2) is 0 Å². The Morgan fingerprint density at radius 3 is 2.72 bits per heavy atom. The van der Waals surface area contributed by atoms with E-state index in [-0.39, 0.29) is 24.9 Å². The average Bonchev–Trinajstić information content (AvgIpc) is 2.75. The van der Waals surface area contributed by atoms with Crippen LogP contribution >= 0.6 is 0 Å². The molecule has 1 saturated carbocycles. The number of nitrogens with zero attached hydrogens (tertiary/aromatic N) is 2. The van der Waals surface area contributed by atoms with Crippen molar-refractivity contribution >= 4 is 5.91 Å². The van der Waals surface area contributed by atoms with Crippen molar-refractivity contribution in [3.05, 3.63) is 24.0 Å². The topological polar surface area (TPSA) is 155 Å². The number of carbonyl (C=O) groups excluding carboxylic acids is 1. The SMILES string of the molecule is CC[C@@H]1[C@H](O)[C@H](NC)C2O[C@]3(O)C(OC2[C@H]1O)O[C@H](C)C[C@H]3NC(=O)Cc1cccnn1. The smallest absolute Gasteiger partial charge is 0.239 e. The molecule has 11 nitrogen and oxygen atoms in total. The maximum atomic E-state index is 12.7. The molecule has 32 heavy (non-hydrogen) atoms. The van der Waals surface area contributed by atoms with Crippen LogP contribution in [0.2, 0.25) is 0 Å². The number of nitrogens with one attached hydrogen (secondary N) is 2. The minimum absolute atomic E-state index is 0.0119. The summed E-state index contributed by atoms with van der Waals surface area (Å²) in [6.45, 7) is 3.69. The number of amides is 1. The third kappa shape index (κ3) is 4.14. The summed E-state index contributed by atoms with van der Waals surface area (Å²) >= 11 is 0. The summed E-state index contributed by atoms with van der Waals surface area (Å²) in [5.41, 5.74) is 0.494. The summed E-state index contributed by atoms with van der Waals surface area (Å²) in [7, 11) is 1.68. The Hall–Kier alpha value is -1.73. The van der Waals surface area contributed by atoms with Crippen molar-refractivity contribution in [2.75, 3.05) is 7.05 Å². The van der Waals surface area contributed by atoms with E-state index in [2.05, 4.69) is 20.8 Å². The summed E-state index contributed by atoms with van der Waals surface area (Å²) in [6, 6.07) is 1.95. The van der Waals surface area contributed by atoms with E-state index in [1.165, 1.54) is 6.20 Å². The van der Waals surface area contributed by atoms with Gasteiger partial charge in [0.25, 0.3) is 0 Å². The van der Waals surface area contributed by atoms with E-state index in [0.29, 0.717) is 12.1 Å². The number of aliphatic hydroxyl groups excluding tert-OH is 2. The van der Waals surface area contributed by atoms with Crippen LogP contribution in [-0.2, 0) is 25.4 Å². The highest BCUT2D eigenvalue weighted by molar-refractivity contribution is 5.78. The van der Waals surface area contributed by atoms with Gasteiger partial charge in [0.1, 0.15) is 12.2 Å². The van der Waals surface area contributed by atoms with Gasteiger partial charge in [0.2, 0.25) is 18.0 Å². The fourth-order valence-electron chi connectivity index (χ4n) is 5.08. The van der Waals surface area contributed by atoms with Gasteiger partial charge >= 0.3 is 0 Å². The standard InChI is InChI=1S/C21H32N4O7/c1-4-12-16(27)15(22-3)18-19(17(12)28)31-20-21(29,32-18)13(8-10(2)30-20)24-14(26)9-11-6-5-7-23-25-11/h5-7,10,12-13,15-20,22,27-29H,4,8-9H2,1-3H3,(H,24,26)/t10-,12-,13-,15+,16+,17+,18?,19?,20?,21+/m1/s1. The molecule has 1 aliphatic carbocycles. The lowest BCUT2D eigenvalue weighted by Crippen LogP contribution is -2.77. The second-order valence-electron chi connectivity index (χ2n) is 8.83. The normalized spacial score (nSPS) is 43.8. The maximum Gasteiger partial charge on any atom is 0.239 e. The second-order valence-corrected chi connectivity index (χ2v) is 8.83. The molecule has 3 aliphatic rings. The van der Waals surface area contributed by atoms with Crippen LogP contribution < -0.4 is 10.6 Å². The van der Waals surface area contributed by atoms with Crippen molar-refractivity contribution < 1.29 is 34.3 Å². The van der Waals surface area contributed by atoms with E-state index in [4.69, 9.17) is 14.2 Å². The van der Waals surface area contributed by atoms with E-state index in [1.807, 2.05) is 13.8 Å². The first-order chi connectivity index (χ1) is 15.3. The molecule has 4 rings (SSSR count). The molecule has 0 bridgehead atoms. The first-order valence-corrected chi connectivity index (χ1v) is 11.1. The molecular weight excluding hydrogens is 420 g/mol. The van der Waals surface area contributed by atoms with E-state index >= 15 is 0 Å². The van der Waals surface area contributed by atoms with Gasteiger partial charge in [-0.2, -0.15) is 10.2 Å². The van der Waals surface area contributed by atoms with E-state index < -0.39 is 54.5 Å². The Morgan fingerprint density at radius 1 is 1.28 bits per heavy atom. The van der Waals surface area contributed by atoms with Gasteiger partial charge in [-0.15, -0.1) is 0 Å². The van der Waals surface area contributed by atoms with Crippen LogP contribution in [0.4, 0.5) is 0 Å². The highest BCUT2D eigenvalue weighted by Gasteiger charge is 2.63. The third-order valence-corrected chi connectivity index (χ3v) is 6.73. The summed E-state index contributed by atoms with van der Waals surface area (Å²) < 4.78 is 18.0. The second kappa shape index (κ2) is 9.26. The number of fused-ring (bicyclic) bond motifs is 2. The van der Waals surface area contributed by atoms with Crippen LogP contribution in [0, 0.1) is 5.92 Å². The van der Waals surface area contributed by atoms with Gasteiger partial charge in [0.05, 0.1) is 42.5 Å². The van der Waals surface area contributed by atoms with Crippen LogP contribution in [0.5, 0.6) is 0 Å². The molecule has 1 aromatic rings. The molecule has 3 fully saturated rings. The molecule has 0 radical (unpaired) electrons. The monoisotopic (exact) mass is 452 g/mol. The van der Waals surface area contributed by atoms with Gasteiger partial charge in [-0.05, 0) is 38.9 Å². The first-order valence-electron chi connectivity index (χ1n) is 11.1. The number of hydrogen-bond acceptors (Lipinski definition) is 10. The summed E-state index contributed by atoms with van der Waals surface area (Å²) in [6.07, 6.45) is -2.79. The third-order valence-electron chi connectivity index (χ3n) is 6.73. The van der Waals surface area contributed by atoms with Crippen LogP contribution in [0.15, 0.2) is 18.3 Å². The lowest BCUT2D eigenvalue weighted by Gasteiger charge is -2.58. The van der Waals surface area contributed by atoms with Gasteiger partial charge in [-0.1, -0.05) is 6.92 Å². The zero-order chi connectivity index (χ0) is 23.0. The fourth-order valence-corrected chi connectivity index (χ4v) is 5.08. The fraction of sp³-hybridized carbons (Fsp3) is 0.762. The molecule has 2 saturated heterocycles. The molecule has 2 aliphatic heterocycles. The Bertz CT molecular complexity index is 802. The average molecular weight is 453 g/mol. The minimum atomic E-state index is -2.00. The molecule has 0 aromatic carbocycles. The summed E-state index contributed by atoms with van der Waals surface area (Å²) in [5, 5.41) is 46.7. The number of carbonyl (C=O) groups is 1. The van der Waals surface area contributed by atoms with Crippen molar-refractivity contribution in [3.8, 4) is 0 Å². The number of rotatable bonds is 5. The maximum absolute atomic E-state index is 12.7. The Labute approximate surface area is 186 Å². The predicted molar refractivity (Wildman–Crippen MR) is 110 cm³/mol. The van der Waals surface area contributed by atoms with Crippen molar-refractivity contribution in [1.82, 2.24) is 20.8 Å². The Balaban J connectivity index is 1.56. The Morgan fingerprint density at radius 2 is 2.06 bits per heavy atom. The number of aromatic nitrogens is 2. The van der Waals surface area contributed by atoms with Crippen LogP contribution in [0.25, 0.3) is 0 Å². The molecule has 3 heterocycles. The van der Waals surface area contributed by atoms with Crippen molar-refractivity contribution in [2.24, 2.45) is 5.92 Å². The van der Waals surface area contributed by atoms with E-state index in [9.17, 15) is 20.1 Å². The van der Waals surface area contributed by atoms with Gasteiger partial charge in [-0.3, -0.25) is 4.79 Å². The highest BCUT2D eigenvalue weighted by Crippen LogP contribution is 2.43. The quantitative estimate of drug-likeness (QED) is 0.355. The first kappa shape index (κ1) is 23.4. The summed E-state index contributed by atoms with van der Waals surface area (Å²) in [4.78, 5) is 12.7. The lowest BCUT2D eigenvalue weighted by atomic mass is 9.74. The molecule has 178 valence electrons. The van der Waals surface area contributed by atoms with Gasteiger partial charge in [-0.25, -0.2) is 0 Å². The predicted octanol–water partition coefficient (Wildman–Crippen LogP) is -1.54. The molecule has 1 amide bonds. The largest absolute Gasteiger partial charge is 0.391 e. The zero-order valence-corrected chi connectivity index (χ0v) is 18.4. The molecule has 11 heteroatoms. The minimum Gasteiger partial charge on any atom is -0.391 e. The molecular formula is C21H32N4O7. The zero-order valence-electron chi connectivity index (χ0n) is 18.4. The van der Waals surface area contributed by atoms with E-state index in [1.54, 1.807) is 19.2 Å². The molecule has 0 spiro atoms. The lowest BCUT2D eigenvalue weighted by molar-refractivity contribution is -0.450. The molecule has 5 N–H and O–H groups in total. The van der Waals surface area contributed by atoms with Crippen molar-refractivity contribution in [1.29, 1.82) is 0 Å². The molecule has 3 unspecified atom stereocenters. The number of hydrogen-bond donors (Lipinski definition) is 5. The molecule has 10 atom stereocenters.